The van der Waals surface area contributed by atoms with Crippen molar-refractivity contribution in [2.75, 3.05) is 37.0 Å². The molecule has 0 atom stereocenters. The maximum atomic E-state index is 13.6. The Hall–Kier alpha value is -3.76. The van der Waals surface area contributed by atoms with Gasteiger partial charge in [0.2, 0.25) is 0 Å². The quantitative estimate of drug-likeness (QED) is 0.414. The van der Waals surface area contributed by atoms with E-state index in [0.717, 1.165) is 0 Å². The lowest BCUT2D eigenvalue weighted by Crippen LogP contribution is -2.29. The highest BCUT2D eigenvalue weighted by Gasteiger charge is 2.35. The summed E-state index contributed by atoms with van der Waals surface area (Å²) in [7, 11) is -1.23. The van der Waals surface area contributed by atoms with E-state index >= 15 is 0 Å². The Morgan fingerprint density at radius 3 is 2.32 bits per heavy atom. The summed E-state index contributed by atoms with van der Waals surface area (Å²) in [5.41, 5.74) is 2.01. The molecule has 0 bridgehead atoms. The average molecular weight is 545 g/mol. The Labute approximate surface area is 219 Å². The summed E-state index contributed by atoms with van der Waals surface area (Å²) in [5, 5.41) is 3.01. The molecule has 1 amide bonds. The zero-order valence-corrected chi connectivity index (χ0v) is 22.0. The number of nitrogens with zero attached hydrogens (tertiary/aromatic N) is 1. The van der Waals surface area contributed by atoms with Crippen molar-refractivity contribution in [3.8, 4) is 11.5 Å². The number of benzene rings is 3. The molecule has 9 nitrogen and oxygen atoms in total. The van der Waals surface area contributed by atoms with Gasteiger partial charge in [0.05, 0.1) is 32.1 Å². The van der Waals surface area contributed by atoms with E-state index in [1.807, 2.05) is 0 Å². The molecular weight excluding hydrogens is 520 g/mol. The third-order valence-corrected chi connectivity index (χ3v) is 7.92. The topological polar surface area (TPSA) is 111 Å². The predicted octanol–water partition coefficient (Wildman–Crippen LogP) is 4.54. The van der Waals surface area contributed by atoms with E-state index in [2.05, 4.69) is 5.32 Å². The van der Waals surface area contributed by atoms with Crippen LogP contribution in [0.5, 0.6) is 11.5 Å². The van der Waals surface area contributed by atoms with Crippen molar-refractivity contribution in [1.29, 1.82) is 0 Å². The van der Waals surface area contributed by atoms with Crippen molar-refractivity contribution >= 4 is 44.9 Å². The maximum absolute atomic E-state index is 13.6. The van der Waals surface area contributed by atoms with E-state index < -0.39 is 21.9 Å². The molecule has 1 N–H and O–H groups in total. The molecule has 11 heteroatoms. The molecule has 0 saturated carbocycles. The first-order valence-corrected chi connectivity index (χ1v) is 13.2. The number of methoxy groups -OCH3 is 2. The van der Waals surface area contributed by atoms with Gasteiger partial charge in [0.15, 0.2) is 0 Å². The highest BCUT2D eigenvalue weighted by molar-refractivity contribution is 7.93. The average Bonchev–Trinajstić information content (AvgIpc) is 3.33. The van der Waals surface area contributed by atoms with E-state index in [4.69, 9.17) is 25.8 Å². The number of hydrogen-bond donors (Lipinski definition) is 1. The van der Waals surface area contributed by atoms with Gasteiger partial charge >= 0.3 is 5.97 Å². The molecule has 1 heterocycles. The van der Waals surface area contributed by atoms with E-state index in [9.17, 15) is 18.0 Å². The molecule has 3 aromatic rings. The van der Waals surface area contributed by atoms with Crippen LogP contribution in [0.15, 0.2) is 59.5 Å². The van der Waals surface area contributed by atoms with Gasteiger partial charge in [-0.25, -0.2) is 13.2 Å². The zero-order valence-electron chi connectivity index (χ0n) is 20.4. The number of carbonyl (C=O) groups is 2. The number of hydrogen-bond acceptors (Lipinski definition) is 7. The van der Waals surface area contributed by atoms with Crippen LogP contribution in [0.4, 0.5) is 11.4 Å². The fourth-order valence-electron chi connectivity index (χ4n) is 4.08. The van der Waals surface area contributed by atoms with Crippen molar-refractivity contribution < 1.29 is 32.2 Å². The SMILES string of the molecule is CCOC(=O)c1ccc(NC(=O)c2cc(OC)c3c(c2)N(S(=O)(=O)c2cc(Cl)ccc2OC)CC3)cc1. The third-order valence-electron chi connectivity index (χ3n) is 5.85. The van der Waals surface area contributed by atoms with Gasteiger partial charge < -0.3 is 19.5 Å². The van der Waals surface area contributed by atoms with E-state index in [0.29, 0.717) is 34.7 Å². The minimum atomic E-state index is -4.07. The number of fused-ring (bicyclic) bond motifs is 1. The number of anilines is 2. The first-order chi connectivity index (χ1) is 17.7. The van der Waals surface area contributed by atoms with Gasteiger partial charge in [-0.2, -0.15) is 0 Å². The number of esters is 1. The highest BCUT2D eigenvalue weighted by atomic mass is 35.5. The van der Waals surface area contributed by atoms with Crippen molar-refractivity contribution in [1.82, 2.24) is 0 Å². The van der Waals surface area contributed by atoms with Crippen LogP contribution in [0.3, 0.4) is 0 Å². The lowest BCUT2D eigenvalue weighted by molar-refractivity contribution is 0.0526. The van der Waals surface area contributed by atoms with Crippen molar-refractivity contribution in [2.45, 2.75) is 18.2 Å². The van der Waals surface area contributed by atoms with Crippen LogP contribution in [0.2, 0.25) is 5.02 Å². The molecule has 0 fully saturated rings. The first-order valence-electron chi connectivity index (χ1n) is 11.3. The molecule has 0 radical (unpaired) electrons. The van der Waals surface area contributed by atoms with Gasteiger partial charge in [0.25, 0.3) is 15.9 Å². The minimum Gasteiger partial charge on any atom is -0.496 e. The molecule has 3 aromatic carbocycles. The Bertz CT molecular complexity index is 1460. The molecule has 0 aliphatic carbocycles. The van der Waals surface area contributed by atoms with Gasteiger partial charge in [-0.1, -0.05) is 11.6 Å². The highest BCUT2D eigenvalue weighted by Crippen LogP contribution is 2.41. The van der Waals surface area contributed by atoms with Crippen LogP contribution in [-0.4, -0.2) is 47.7 Å². The van der Waals surface area contributed by atoms with Crippen LogP contribution in [-0.2, 0) is 21.2 Å². The summed E-state index contributed by atoms with van der Waals surface area (Å²) >= 11 is 6.08. The van der Waals surface area contributed by atoms with Crippen LogP contribution in [0.1, 0.15) is 33.2 Å². The molecule has 0 saturated heterocycles. The number of rotatable bonds is 8. The Morgan fingerprint density at radius 2 is 1.68 bits per heavy atom. The zero-order chi connectivity index (χ0) is 26.7. The van der Waals surface area contributed by atoms with Gasteiger partial charge in [-0.15, -0.1) is 0 Å². The Balaban J connectivity index is 1.66. The largest absolute Gasteiger partial charge is 0.496 e. The van der Waals surface area contributed by atoms with E-state index in [-0.39, 0.29) is 34.4 Å². The number of halogens is 1. The fourth-order valence-corrected chi connectivity index (χ4v) is 5.99. The normalized spacial score (nSPS) is 12.6. The molecule has 1 aliphatic heterocycles. The number of amides is 1. The molecular formula is C26H25ClN2O7S. The van der Waals surface area contributed by atoms with Crippen LogP contribution < -0.4 is 19.1 Å². The van der Waals surface area contributed by atoms with Gasteiger partial charge in [-0.3, -0.25) is 9.10 Å². The number of sulfonamides is 1. The smallest absolute Gasteiger partial charge is 0.338 e. The van der Waals surface area contributed by atoms with Crippen molar-refractivity contribution in [3.63, 3.8) is 0 Å². The van der Waals surface area contributed by atoms with Crippen LogP contribution in [0, 0.1) is 0 Å². The van der Waals surface area contributed by atoms with Crippen LogP contribution in [0.25, 0.3) is 0 Å². The molecule has 0 aromatic heterocycles. The third kappa shape index (κ3) is 5.21. The number of nitrogens with one attached hydrogen (secondary N) is 1. The summed E-state index contributed by atoms with van der Waals surface area (Å²) < 4.78 is 44.2. The summed E-state index contributed by atoms with van der Waals surface area (Å²) in [6, 6.07) is 13.7. The van der Waals surface area contributed by atoms with Crippen LogP contribution >= 0.6 is 11.6 Å². The summed E-state index contributed by atoms with van der Waals surface area (Å²) in [5.74, 6) is -0.378. The second-order valence-corrected chi connectivity index (χ2v) is 10.3. The molecule has 0 spiro atoms. The molecule has 4 rings (SSSR count). The van der Waals surface area contributed by atoms with Crippen molar-refractivity contribution in [3.05, 3.63) is 76.3 Å². The summed E-state index contributed by atoms with van der Waals surface area (Å²) in [6.07, 6.45) is 0.401. The lowest BCUT2D eigenvalue weighted by Gasteiger charge is -2.22. The van der Waals surface area contributed by atoms with Gasteiger partial charge in [0, 0.05) is 28.4 Å². The van der Waals surface area contributed by atoms with E-state index in [1.54, 1.807) is 43.3 Å². The molecule has 0 unspecified atom stereocenters. The Kier molecular flexibility index (Phi) is 7.60. The molecule has 37 heavy (non-hydrogen) atoms. The molecule has 1 aliphatic rings. The first kappa shape index (κ1) is 26.3. The summed E-state index contributed by atoms with van der Waals surface area (Å²) in [6.45, 7) is 2.13. The maximum Gasteiger partial charge on any atom is 0.338 e. The number of ether oxygens (including phenoxy) is 3. The van der Waals surface area contributed by atoms with Gasteiger partial charge in [-0.05, 0) is 67.9 Å². The minimum absolute atomic E-state index is 0.0779. The number of carbonyl (C=O) groups excluding carboxylic acids is 2. The van der Waals surface area contributed by atoms with E-state index in [1.165, 1.54) is 36.7 Å². The lowest BCUT2D eigenvalue weighted by atomic mass is 10.1. The second-order valence-electron chi connectivity index (χ2n) is 8.05. The fraction of sp³-hybridized carbons (Fsp3) is 0.231. The molecule has 194 valence electrons. The van der Waals surface area contributed by atoms with Crippen molar-refractivity contribution in [2.24, 2.45) is 0 Å². The van der Waals surface area contributed by atoms with Gasteiger partial charge in [0.1, 0.15) is 16.4 Å². The monoisotopic (exact) mass is 544 g/mol. The Morgan fingerprint density at radius 1 is 0.973 bits per heavy atom. The standard InChI is InChI=1S/C26H25ClN2O7S/c1-4-36-26(31)16-5-8-19(9-6-16)28-25(30)17-13-21-20(23(14-17)35-3)11-12-29(21)37(32,33)24-15-18(27)7-10-22(24)34-2/h5-10,13-15H,4,11-12H2,1-3H3,(H,28,30). The summed E-state index contributed by atoms with van der Waals surface area (Å²) in [4.78, 5) is 24.9. The second kappa shape index (κ2) is 10.7. The predicted molar refractivity (Wildman–Crippen MR) is 140 cm³/mol.